The number of methoxy groups -OCH3 is 1. The first kappa shape index (κ1) is 16.4. The Hall–Kier alpha value is -2.50. The van der Waals surface area contributed by atoms with E-state index in [1.807, 2.05) is 44.0 Å². The second-order valence-electron chi connectivity index (χ2n) is 6.05. The Morgan fingerprint density at radius 3 is 2.79 bits per heavy atom. The number of hydrogen-bond donors (Lipinski definition) is 0. The second kappa shape index (κ2) is 6.55. The van der Waals surface area contributed by atoms with E-state index in [1.165, 1.54) is 0 Å². The number of benzene rings is 1. The molecule has 0 unspecified atom stereocenters. The number of hydrogen-bond acceptors (Lipinski definition) is 4. The van der Waals surface area contributed by atoms with Gasteiger partial charge >= 0.3 is 0 Å². The molecular formula is C18H23N3O3. The van der Waals surface area contributed by atoms with Crippen molar-refractivity contribution in [1.82, 2.24) is 14.7 Å². The normalized spacial score (nSPS) is 14.4. The Kier molecular flexibility index (Phi) is 4.46. The smallest absolute Gasteiger partial charge is 0.257 e. The van der Waals surface area contributed by atoms with Crippen molar-refractivity contribution >= 4 is 5.91 Å². The maximum absolute atomic E-state index is 13.1. The van der Waals surface area contributed by atoms with Gasteiger partial charge in [-0.3, -0.25) is 9.48 Å². The van der Waals surface area contributed by atoms with Gasteiger partial charge in [-0.2, -0.15) is 5.10 Å². The van der Waals surface area contributed by atoms with Crippen molar-refractivity contribution in [2.75, 3.05) is 20.3 Å². The van der Waals surface area contributed by atoms with Gasteiger partial charge in [0.05, 0.1) is 25.0 Å². The molecule has 128 valence electrons. The van der Waals surface area contributed by atoms with E-state index in [1.54, 1.807) is 11.8 Å². The van der Waals surface area contributed by atoms with Crippen molar-refractivity contribution in [3.8, 4) is 11.5 Å². The molecule has 1 aromatic heterocycles. The van der Waals surface area contributed by atoms with Crippen molar-refractivity contribution in [2.45, 2.75) is 26.8 Å². The van der Waals surface area contributed by atoms with Crippen LogP contribution in [-0.4, -0.2) is 40.8 Å². The lowest BCUT2D eigenvalue weighted by Crippen LogP contribution is -2.34. The summed E-state index contributed by atoms with van der Waals surface area (Å²) in [5.74, 6) is 1.46. The van der Waals surface area contributed by atoms with Gasteiger partial charge in [-0.05, 0) is 26.3 Å². The maximum atomic E-state index is 13.1. The summed E-state index contributed by atoms with van der Waals surface area (Å²) in [4.78, 5) is 15.0. The standard InChI is InChI=1S/C18H23N3O3/c1-12-16(13(2)20(3)19-12)18(22)21-9-6-10-24-17-14(11-21)7-5-8-15(17)23-4/h5,7-8H,6,9-11H2,1-4H3. The van der Waals surface area contributed by atoms with Crippen LogP contribution in [-0.2, 0) is 13.6 Å². The van der Waals surface area contributed by atoms with E-state index in [0.29, 0.717) is 31.0 Å². The zero-order valence-corrected chi connectivity index (χ0v) is 14.6. The third-order valence-electron chi connectivity index (χ3n) is 4.47. The molecule has 1 amide bonds. The molecule has 2 aromatic rings. The number of nitrogens with zero attached hydrogens (tertiary/aromatic N) is 3. The quantitative estimate of drug-likeness (QED) is 0.849. The Morgan fingerprint density at radius 2 is 2.12 bits per heavy atom. The molecule has 0 saturated carbocycles. The molecule has 0 saturated heterocycles. The summed E-state index contributed by atoms with van der Waals surface area (Å²) in [5, 5.41) is 4.36. The van der Waals surface area contributed by atoms with E-state index in [4.69, 9.17) is 9.47 Å². The van der Waals surface area contributed by atoms with Gasteiger partial charge in [0.1, 0.15) is 0 Å². The highest BCUT2D eigenvalue weighted by Crippen LogP contribution is 2.33. The molecule has 6 heteroatoms. The molecule has 24 heavy (non-hydrogen) atoms. The first-order chi connectivity index (χ1) is 11.5. The zero-order chi connectivity index (χ0) is 17.3. The van der Waals surface area contributed by atoms with Crippen LogP contribution >= 0.6 is 0 Å². The average Bonchev–Trinajstić information content (AvgIpc) is 2.79. The van der Waals surface area contributed by atoms with Gasteiger partial charge < -0.3 is 14.4 Å². The van der Waals surface area contributed by atoms with Gasteiger partial charge in [0.25, 0.3) is 5.91 Å². The topological polar surface area (TPSA) is 56.6 Å². The second-order valence-corrected chi connectivity index (χ2v) is 6.05. The molecule has 0 radical (unpaired) electrons. The average molecular weight is 329 g/mol. The van der Waals surface area contributed by atoms with Crippen LogP contribution in [0, 0.1) is 13.8 Å². The number of ether oxygens (including phenoxy) is 2. The summed E-state index contributed by atoms with van der Waals surface area (Å²) in [6, 6.07) is 5.78. The molecule has 0 spiro atoms. The van der Waals surface area contributed by atoms with E-state index in [0.717, 1.165) is 29.1 Å². The van der Waals surface area contributed by atoms with E-state index >= 15 is 0 Å². The van der Waals surface area contributed by atoms with Gasteiger partial charge in [0.2, 0.25) is 0 Å². The van der Waals surface area contributed by atoms with E-state index in [9.17, 15) is 4.79 Å². The van der Waals surface area contributed by atoms with Crippen LogP contribution in [0.25, 0.3) is 0 Å². The van der Waals surface area contributed by atoms with Crippen LogP contribution in [0.3, 0.4) is 0 Å². The number of carbonyl (C=O) groups excluding carboxylic acids is 1. The third kappa shape index (κ3) is 2.84. The minimum absolute atomic E-state index is 0.0220. The number of rotatable bonds is 2. The van der Waals surface area contributed by atoms with Gasteiger partial charge in [-0.15, -0.1) is 0 Å². The molecule has 0 fully saturated rings. The molecule has 1 aromatic carbocycles. The van der Waals surface area contributed by atoms with Crippen molar-refractivity contribution in [1.29, 1.82) is 0 Å². The van der Waals surface area contributed by atoms with Gasteiger partial charge in [0, 0.05) is 31.4 Å². The van der Waals surface area contributed by atoms with E-state index in [2.05, 4.69) is 5.10 Å². The Morgan fingerprint density at radius 1 is 1.33 bits per heavy atom. The SMILES string of the molecule is COc1cccc2c1OCCCN(C(=O)c1c(C)nn(C)c1C)C2. The molecule has 0 N–H and O–H groups in total. The van der Waals surface area contributed by atoms with Crippen molar-refractivity contribution in [3.63, 3.8) is 0 Å². The predicted octanol–water partition coefficient (Wildman–Crippen LogP) is 2.47. The highest BCUT2D eigenvalue weighted by Gasteiger charge is 2.25. The minimum Gasteiger partial charge on any atom is -0.493 e. The Bertz CT molecular complexity index is 767. The number of aromatic nitrogens is 2. The highest BCUT2D eigenvalue weighted by atomic mass is 16.5. The number of para-hydroxylation sites is 1. The number of amides is 1. The molecule has 0 bridgehead atoms. The summed E-state index contributed by atoms with van der Waals surface area (Å²) < 4.78 is 13.0. The summed E-state index contributed by atoms with van der Waals surface area (Å²) in [6.07, 6.45) is 0.779. The van der Waals surface area contributed by atoms with Gasteiger partial charge in [-0.25, -0.2) is 0 Å². The predicted molar refractivity (Wildman–Crippen MR) is 90.5 cm³/mol. The summed E-state index contributed by atoms with van der Waals surface area (Å²) in [5.41, 5.74) is 3.32. The lowest BCUT2D eigenvalue weighted by atomic mass is 10.1. The van der Waals surface area contributed by atoms with Crippen LogP contribution in [0.15, 0.2) is 18.2 Å². The fourth-order valence-corrected chi connectivity index (χ4v) is 3.14. The molecule has 0 atom stereocenters. The fraction of sp³-hybridized carbons (Fsp3) is 0.444. The van der Waals surface area contributed by atoms with Crippen LogP contribution in [0.1, 0.15) is 33.7 Å². The monoisotopic (exact) mass is 329 g/mol. The lowest BCUT2D eigenvalue weighted by molar-refractivity contribution is 0.0719. The number of fused-ring (bicyclic) bond motifs is 1. The molecule has 1 aliphatic heterocycles. The Balaban J connectivity index is 1.95. The maximum Gasteiger partial charge on any atom is 0.257 e. The summed E-state index contributed by atoms with van der Waals surface area (Å²) >= 11 is 0. The summed E-state index contributed by atoms with van der Waals surface area (Å²) in [6.45, 7) is 5.52. The van der Waals surface area contributed by atoms with Crippen LogP contribution in [0.5, 0.6) is 11.5 Å². The van der Waals surface area contributed by atoms with Crippen molar-refractivity contribution < 1.29 is 14.3 Å². The minimum atomic E-state index is 0.0220. The zero-order valence-electron chi connectivity index (χ0n) is 14.6. The molecule has 6 nitrogen and oxygen atoms in total. The lowest BCUT2D eigenvalue weighted by Gasteiger charge is -2.27. The Labute approximate surface area is 142 Å². The molecule has 1 aliphatic rings. The first-order valence-electron chi connectivity index (χ1n) is 8.11. The van der Waals surface area contributed by atoms with Crippen LogP contribution < -0.4 is 9.47 Å². The largest absolute Gasteiger partial charge is 0.493 e. The van der Waals surface area contributed by atoms with E-state index < -0.39 is 0 Å². The van der Waals surface area contributed by atoms with Gasteiger partial charge in [-0.1, -0.05) is 12.1 Å². The van der Waals surface area contributed by atoms with Crippen molar-refractivity contribution in [2.24, 2.45) is 7.05 Å². The van der Waals surface area contributed by atoms with Crippen LogP contribution in [0.4, 0.5) is 0 Å². The number of carbonyl (C=O) groups is 1. The molecule has 0 aliphatic carbocycles. The first-order valence-corrected chi connectivity index (χ1v) is 8.11. The molecular weight excluding hydrogens is 306 g/mol. The number of aryl methyl sites for hydroxylation is 2. The molecule has 2 heterocycles. The van der Waals surface area contributed by atoms with Gasteiger partial charge in [0.15, 0.2) is 11.5 Å². The highest BCUT2D eigenvalue weighted by molar-refractivity contribution is 5.96. The third-order valence-corrected chi connectivity index (χ3v) is 4.47. The van der Waals surface area contributed by atoms with E-state index in [-0.39, 0.29) is 5.91 Å². The van der Waals surface area contributed by atoms with Crippen molar-refractivity contribution in [3.05, 3.63) is 40.7 Å². The summed E-state index contributed by atoms with van der Waals surface area (Å²) in [7, 11) is 3.49. The van der Waals surface area contributed by atoms with Crippen LogP contribution in [0.2, 0.25) is 0 Å². The molecule has 3 rings (SSSR count). The fourth-order valence-electron chi connectivity index (χ4n) is 3.14.